The molecular weight excluding hydrogens is 376 g/mol. The van der Waals surface area contributed by atoms with Crippen molar-refractivity contribution in [2.24, 2.45) is 5.92 Å². The van der Waals surface area contributed by atoms with Gasteiger partial charge in [-0.1, -0.05) is 18.2 Å². The molecule has 0 spiro atoms. The predicted octanol–water partition coefficient (Wildman–Crippen LogP) is 2.70. The van der Waals surface area contributed by atoms with Gasteiger partial charge < -0.3 is 24.1 Å². The summed E-state index contributed by atoms with van der Waals surface area (Å²) in [5.74, 6) is -2.20. The van der Waals surface area contributed by atoms with Crippen LogP contribution in [0.15, 0.2) is 30.3 Å². The van der Waals surface area contributed by atoms with Crippen molar-refractivity contribution < 1.29 is 33.6 Å². The minimum absolute atomic E-state index is 0.0181. The molecule has 7 heteroatoms. The number of phenols is 1. The Kier molecular flexibility index (Phi) is 4.70. The molecule has 1 heterocycles. The first-order valence-corrected chi connectivity index (χ1v) is 9.34. The number of fused-ring (bicyclic) bond motifs is 2. The van der Waals surface area contributed by atoms with Gasteiger partial charge in [0.15, 0.2) is 0 Å². The topological polar surface area (TPSA) is 91.3 Å². The molecule has 152 valence electrons. The van der Waals surface area contributed by atoms with Crippen molar-refractivity contribution in [3.05, 3.63) is 58.1 Å². The summed E-state index contributed by atoms with van der Waals surface area (Å²) in [5, 5.41) is 11.2. The van der Waals surface area contributed by atoms with E-state index in [9.17, 15) is 14.7 Å². The number of carbonyl (C=O) groups excluding carboxylic acids is 2. The second-order valence-corrected chi connectivity index (χ2v) is 7.15. The largest absolute Gasteiger partial charge is 0.507 e. The molecule has 29 heavy (non-hydrogen) atoms. The monoisotopic (exact) mass is 398 g/mol. The maximum atomic E-state index is 12.5. The number of benzene rings is 2. The minimum atomic E-state index is -1.57. The number of cyclic esters (lactones) is 1. The SMILES string of the molecule is COC(=O)C1CCc2c(O)c(C3(OC)OC(=O)c4ccccc43)cc(OC)c2C1. The average molecular weight is 398 g/mol. The Bertz CT molecular complexity index is 997. The van der Waals surface area contributed by atoms with Crippen LogP contribution >= 0.6 is 0 Å². The molecule has 1 N–H and O–H groups in total. The van der Waals surface area contributed by atoms with Gasteiger partial charge in [0.25, 0.3) is 5.79 Å². The van der Waals surface area contributed by atoms with Crippen LogP contribution in [0.5, 0.6) is 11.5 Å². The number of aromatic hydroxyl groups is 1. The molecule has 0 bridgehead atoms. The molecule has 0 fully saturated rings. The molecule has 1 aliphatic carbocycles. The number of carbonyl (C=O) groups is 2. The fourth-order valence-corrected chi connectivity index (χ4v) is 4.35. The normalized spacial score (nSPS) is 22.4. The summed E-state index contributed by atoms with van der Waals surface area (Å²) in [6, 6.07) is 8.54. The smallest absolute Gasteiger partial charge is 0.341 e. The molecular formula is C22H22O7. The van der Waals surface area contributed by atoms with Gasteiger partial charge in [0.05, 0.1) is 31.3 Å². The second-order valence-electron chi connectivity index (χ2n) is 7.15. The minimum Gasteiger partial charge on any atom is -0.507 e. The quantitative estimate of drug-likeness (QED) is 0.792. The molecule has 2 aromatic carbocycles. The Morgan fingerprint density at radius 1 is 1.17 bits per heavy atom. The Morgan fingerprint density at radius 3 is 2.62 bits per heavy atom. The number of hydrogen-bond donors (Lipinski definition) is 1. The Balaban J connectivity index is 1.89. The van der Waals surface area contributed by atoms with Gasteiger partial charge in [-0.25, -0.2) is 4.79 Å². The van der Waals surface area contributed by atoms with Crippen LogP contribution in [0.3, 0.4) is 0 Å². The van der Waals surface area contributed by atoms with Gasteiger partial charge in [0.2, 0.25) is 0 Å². The van der Waals surface area contributed by atoms with Crippen LogP contribution in [0.4, 0.5) is 0 Å². The highest BCUT2D eigenvalue weighted by molar-refractivity contribution is 5.95. The van der Waals surface area contributed by atoms with E-state index in [1.807, 2.05) is 0 Å². The molecule has 2 aromatic rings. The number of esters is 2. The number of phenolic OH excluding ortho intramolecular Hbond substituents is 1. The van der Waals surface area contributed by atoms with Crippen LogP contribution in [0.25, 0.3) is 0 Å². The van der Waals surface area contributed by atoms with Gasteiger partial charge in [-0.15, -0.1) is 0 Å². The highest BCUT2D eigenvalue weighted by Gasteiger charge is 2.50. The number of ether oxygens (including phenoxy) is 4. The van der Waals surface area contributed by atoms with E-state index in [0.717, 1.165) is 5.56 Å². The predicted molar refractivity (Wildman–Crippen MR) is 102 cm³/mol. The molecule has 2 aliphatic rings. The fourth-order valence-electron chi connectivity index (χ4n) is 4.35. The molecule has 0 amide bonds. The van der Waals surface area contributed by atoms with Gasteiger partial charge in [-0.2, -0.15) is 0 Å². The molecule has 0 radical (unpaired) electrons. The third-order valence-corrected chi connectivity index (χ3v) is 5.81. The first-order chi connectivity index (χ1) is 14.0. The zero-order chi connectivity index (χ0) is 20.8. The summed E-state index contributed by atoms with van der Waals surface area (Å²) in [7, 11) is 4.31. The van der Waals surface area contributed by atoms with Crippen molar-refractivity contribution in [3.8, 4) is 11.5 Å². The van der Waals surface area contributed by atoms with Crippen molar-refractivity contribution in [1.29, 1.82) is 0 Å². The van der Waals surface area contributed by atoms with Gasteiger partial charge in [0.1, 0.15) is 11.5 Å². The fraction of sp³-hybridized carbons (Fsp3) is 0.364. The van der Waals surface area contributed by atoms with Crippen molar-refractivity contribution >= 4 is 11.9 Å². The molecule has 0 saturated carbocycles. The van der Waals surface area contributed by atoms with Crippen LogP contribution in [0.2, 0.25) is 0 Å². The van der Waals surface area contributed by atoms with E-state index in [2.05, 4.69) is 0 Å². The molecule has 2 atom stereocenters. The standard InChI is InChI=1S/C22H22O7/c1-26-18-11-17(19(23)13-9-8-12(10-15(13)18)20(24)27-2)22(28-3)16-7-5-4-6-14(16)21(25)29-22/h4-7,11-12,23H,8-10H2,1-3H3. The van der Waals surface area contributed by atoms with E-state index in [4.69, 9.17) is 18.9 Å². The van der Waals surface area contributed by atoms with Crippen LogP contribution in [0.1, 0.15) is 39.0 Å². The van der Waals surface area contributed by atoms with Crippen LogP contribution < -0.4 is 4.74 Å². The van der Waals surface area contributed by atoms with Gasteiger partial charge in [-0.05, 0) is 31.4 Å². The van der Waals surface area contributed by atoms with E-state index in [1.165, 1.54) is 21.3 Å². The summed E-state index contributed by atoms with van der Waals surface area (Å²) in [6.07, 6.45) is 1.39. The molecule has 4 rings (SSSR count). The zero-order valence-electron chi connectivity index (χ0n) is 16.5. The van der Waals surface area contributed by atoms with E-state index >= 15 is 0 Å². The van der Waals surface area contributed by atoms with Crippen LogP contribution in [-0.4, -0.2) is 38.4 Å². The lowest BCUT2D eigenvalue weighted by Gasteiger charge is -2.32. The van der Waals surface area contributed by atoms with Crippen molar-refractivity contribution in [2.75, 3.05) is 21.3 Å². The van der Waals surface area contributed by atoms with Crippen molar-refractivity contribution in [2.45, 2.75) is 25.0 Å². The van der Waals surface area contributed by atoms with Gasteiger partial charge >= 0.3 is 11.9 Å². The lowest BCUT2D eigenvalue weighted by molar-refractivity contribution is -0.155. The lowest BCUT2D eigenvalue weighted by atomic mass is 9.80. The van der Waals surface area contributed by atoms with E-state index in [0.29, 0.717) is 47.3 Å². The molecule has 0 saturated heterocycles. The molecule has 0 aromatic heterocycles. The Labute approximate surface area is 168 Å². The van der Waals surface area contributed by atoms with Gasteiger partial charge in [-0.3, -0.25) is 4.79 Å². The van der Waals surface area contributed by atoms with Crippen molar-refractivity contribution in [3.63, 3.8) is 0 Å². The lowest BCUT2D eigenvalue weighted by Crippen LogP contribution is -2.31. The highest BCUT2D eigenvalue weighted by atomic mass is 16.7. The maximum Gasteiger partial charge on any atom is 0.341 e. The first-order valence-electron chi connectivity index (χ1n) is 9.34. The molecule has 2 unspecified atom stereocenters. The summed E-state index contributed by atoms with van der Waals surface area (Å²) in [5.41, 5.74) is 2.62. The third kappa shape index (κ3) is 2.76. The first kappa shape index (κ1) is 19.3. The number of methoxy groups -OCH3 is 3. The molecule has 7 nitrogen and oxygen atoms in total. The van der Waals surface area contributed by atoms with Crippen LogP contribution in [-0.2, 0) is 37.6 Å². The van der Waals surface area contributed by atoms with E-state index < -0.39 is 11.8 Å². The second kappa shape index (κ2) is 7.08. The average Bonchev–Trinajstić information content (AvgIpc) is 3.06. The van der Waals surface area contributed by atoms with Crippen LogP contribution in [0, 0.1) is 5.92 Å². The van der Waals surface area contributed by atoms with Crippen molar-refractivity contribution in [1.82, 2.24) is 0 Å². The molecule has 1 aliphatic heterocycles. The van der Waals surface area contributed by atoms with Gasteiger partial charge in [0, 0.05) is 23.8 Å². The summed E-state index contributed by atoms with van der Waals surface area (Å²) >= 11 is 0. The summed E-state index contributed by atoms with van der Waals surface area (Å²) in [4.78, 5) is 24.5. The summed E-state index contributed by atoms with van der Waals surface area (Å²) < 4.78 is 21.8. The van der Waals surface area contributed by atoms with E-state index in [-0.39, 0.29) is 17.6 Å². The highest BCUT2D eigenvalue weighted by Crippen LogP contribution is 2.50. The Morgan fingerprint density at radius 2 is 1.93 bits per heavy atom. The van der Waals surface area contributed by atoms with E-state index in [1.54, 1.807) is 30.3 Å². The zero-order valence-corrected chi connectivity index (χ0v) is 16.5. The Hall–Kier alpha value is -3.06. The summed E-state index contributed by atoms with van der Waals surface area (Å²) in [6.45, 7) is 0. The number of rotatable bonds is 4. The maximum absolute atomic E-state index is 12.5. The number of hydrogen-bond acceptors (Lipinski definition) is 7. The third-order valence-electron chi connectivity index (χ3n) is 5.81.